The van der Waals surface area contributed by atoms with Crippen molar-refractivity contribution in [1.29, 1.82) is 0 Å². The Morgan fingerprint density at radius 1 is 1.07 bits per heavy atom. The Morgan fingerprint density at radius 2 is 1.82 bits per heavy atom. The van der Waals surface area contributed by atoms with Gasteiger partial charge in [-0.3, -0.25) is 9.78 Å². The third-order valence-electron chi connectivity index (χ3n) is 7.55. The summed E-state index contributed by atoms with van der Waals surface area (Å²) in [6.07, 6.45) is 3.08. The van der Waals surface area contributed by atoms with Crippen LogP contribution in [0, 0.1) is 13.8 Å². The zero-order chi connectivity index (χ0) is 28.2. The van der Waals surface area contributed by atoms with Gasteiger partial charge >= 0.3 is 0 Å². The van der Waals surface area contributed by atoms with Crippen LogP contribution in [0.2, 0.25) is 0 Å². The summed E-state index contributed by atoms with van der Waals surface area (Å²) in [4.78, 5) is 19.8. The van der Waals surface area contributed by atoms with Gasteiger partial charge in [-0.05, 0) is 86.1 Å². The monoisotopic (exact) mass is 553 g/mol. The predicted octanol–water partition coefficient (Wildman–Crippen LogP) is 6.06. The molecular formula is C32H35N5O2S. The zero-order valence-electron chi connectivity index (χ0n) is 23.3. The Kier molecular flexibility index (Phi) is 8.16. The molecule has 4 aromatic rings. The van der Waals surface area contributed by atoms with Gasteiger partial charge in [0.2, 0.25) is 5.91 Å². The van der Waals surface area contributed by atoms with Crippen molar-refractivity contribution in [1.82, 2.24) is 19.8 Å². The number of nitrogens with one attached hydrogen (secondary N) is 2. The van der Waals surface area contributed by atoms with E-state index in [9.17, 15) is 4.79 Å². The molecule has 0 saturated carbocycles. The highest BCUT2D eigenvalue weighted by atomic mass is 32.1. The summed E-state index contributed by atoms with van der Waals surface area (Å²) in [7, 11) is 1.59. The number of aryl methyl sites for hydroxylation is 2. The molecule has 1 amide bonds. The lowest BCUT2D eigenvalue weighted by Crippen LogP contribution is -2.33. The third-order valence-corrected chi connectivity index (χ3v) is 7.90. The molecule has 1 saturated heterocycles. The van der Waals surface area contributed by atoms with Crippen LogP contribution in [0.5, 0.6) is 5.75 Å². The summed E-state index contributed by atoms with van der Waals surface area (Å²) in [5.41, 5.74) is 7.44. The van der Waals surface area contributed by atoms with E-state index in [4.69, 9.17) is 17.0 Å². The van der Waals surface area contributed by atoms with Gasteiger partial charge in [0.25, 0.3) is 0 Å². The number of amides is 1. The second kappa shape index (κ2) is 11.9. The van der Waals surface area contributed by atoms with E-state index >= 15 is 0 Å². The molecular weight excluding hydrogens is 518 g/mol. The van der Waals surface area contributed by atoms with E-state index in [0.29, 0.717) is 23.1 Å². The van der Waals surface area contributed by atoms with Gasteiger partial charge in [-0.25, -0.2) is 0 Å². The molecule has 2 atom stereocenters. The van der Waals surface area contributed by atoms with E-state index in [-0.39, 0.29) is 24.4 Å². The fraction of sp³-hybridized carbons (Fsp3) is 0.281. The number of benzene rings is 2. The summed E-state index contributed by atoms with van der Waals surface area (Å²) < 4.78 is 7.68. The van der Waals surface area contributed by atoms with Crippen LogP contribution in [0.1, 0.15) is 53.6 Å². The number of rotatable bonds is 9. The second-order valence-corrected chi connectivity index (χ2v) is 10.4. The Hall–Kier alpha value is -4.17. The number of nitrogens with zero attached hydrogens (tertiary/aromatic N) is 3. The summed E-state index contributed by atoms with van der Waals surface area (Å²) in [6, 6.07) is 24.0. The van der Waals surface area contributed by atoms with Crippen LogP contribution >= 0.6 is 12.2 Å². The van der Waals surface area contributed by atoms with Gasteiger partial charge in [-0.1, -0.05) is 37.3 Å². The Balaban J connectivity index is 1.46. The first kappa shape index (κ1) is 27.4. The second-order valence-electron chi connectivity index (χ2n) is 10.0. The van der Waals surface area contributed by atoms with E-state index in [2.05, 4.69) is 76.2 Å². The largest absolute Gasteiger partial charge is 0.495 e. The maximum Gasteiger partial charge on any atom is 0.226 e. The average Bonchev–Trinajstić information content (AvgIpc) is 3.46. The first-order chi connectivity index (χ1) is 19.4. The maximum absolute atomic E-state index is 13.0. The number of thiocarbonyl (C=S) groups is 1. The summed E-state index contributed by atoms with van der Waals surface area (Å²) in [5.74, 6) is 0.524. The number of carbonyl (C=O) groups excluding carboxylic acids is 1. The molecule has 0 aliphatic carbocycles. The summed E-state index contributed by atoms with van der Waals surface area (Å²) in [6.45, 7) is 6.90. The number of anilines is 1. The van der Waals surface area contributed by atoms with Crippen LogP contribution in [0.25, 0.3) is 5.69 Å². The van der Waals surface area contributed by atoms with Crippen molar-refractivity contribution in [3.63, 3.8) is 0 Å². The van der Waals surface area contributed by atoms with E-state index in [1.54, 1.807) is 13.3 Å². The number of aromatic nitrogens is 2. The first-order valence-corrected chi connectivity index (χ1v) is 14.0. The minimum absolute atomic E-state index is 0.103. The SMILES string of the molecule is CCc1ccc(-n2c(C)cc([C@@H]3[C@H](c4ccccn4)NC(=S)N3CCC(=O)Nc3ccccc3OC)c2C)cc1. The van der Waals surface area contributed by atoms with E-state index < -0.39 is 0 Å². The molecule has 1 aliphatic heterocycles. The normalized spacial score (nSPS) is 16.6. The first-order valence-electron chi connectivity index (χ1n) is 13.6. The lowest BCUT2D eigenvalue weighted by atomic mass is 9.96. The molecule has 0 bridgehead atoms. The van der Waals surface area contributed by atoms with Gasteiger partial charge in [0.1, 0.15) is 5.75 Å². The number of ether oxygens (including phenoxy) is 1. The van der Waals surface area contributed by atoms with Gasteiger partial charge < -0.3 is 24.8 Å². The highest BCUT2D eigenvalue weighted by Crippen LogP contribution is 2.41. The van der Waals surface area contributed by atoms with Crippen LogP contribution in [0.15, 0.2) is 79.0 Å². The van der Waals surface area contributed by atoms with Gasteiger partial charge in [-0.15, -0.1) is 0 Å². The minimum Gasteiger partial charge on any atom is -0.495 e. The van der Waals surface area contributed by atoms with Crippen LogP contribution in [-0.2, 0) is 11.2 Å². The fourth-order valence-electron chi connectivity index (χ4n) is 5.53. The number of pyridine rings is 1. The molecule has 2 N–H and O–H groups in total. The highest BCUT2D eigenvalue weighted by Gasteiger charge is 2.41. The lowest BCUT2D eigenvalue weighted by Gasteiger charge is -2.28. The molecule has 7 nitrogen and oxygen atoms in total. The van der Waals surface area contributed by atoms with Crippen molar-refractivity contribution in [2.24, 2.45) is 0 Å². The number of carbonyl (C=O) groups is 1. The molecule has 5 rings (SSSR count). The quantitative estimate of drug-likeness (QED) is 0.246. The van der Waals surface area contributed by atoms with Crippen LogP contribution in [0.3, 0.4) is 0 Å². The average molecular weight is 554 g/mol. The van der Waals surface area contributed by atoms with Gasteiger partial charge in [-0.2, -0.15) is 0 Å². The molecule has 1 fully saturated rings. The van der Waals surface area contributed by atoms with Crippen LogP contribution in [0.4, 0.5) is 5.69 Å². The van der Waals surface area contributed by atoms with E-state index in [1.165, 1.54) is 5.56 Å². The van der Waals surface area contributed by atoms with Crippen molar-refractivity contribution in [3.05, 3.63) is 107 Å². The van der Waals surface area contributed by atoms with E-state index in [0.717, 1.165) is 34.8 Å². The van der Waals surface area contributed by atoms with Crippen molar-refractivity contribution in [2.75, 3.05) is 19.0 Å². The Labute approximate surface area is 241 Å². The van der Waals surface area contributed by atoms with Crippen molar-refractivity contribution < 1.29 is 9.53 Å². The standard InChI is InChI=1S/C32H35N5O2S/c1-5-23-13-15-24(16-14-23)37-21(2)20-25(22(37)3)31-30(27-11-8-9-18-33-27)35-32(40)36(31)19-17-29(38)34-26-10-6-7-12-28(26)39-4/h6-16,18,20,30-31H,5,17,19H2,1-4H3,(H,34,38)(H,35,40)/t30-,31+/m0/s1. The van der Waals surface area contributed by atoms with Gasteiger partial charge in [0, 0.05) is 36.2 Å². The lowest BCUT2D eigenvalue weighted by molar-refractivity contribution is -0.116. The van der Waals surface area contributed by atoms with Crippen molar-refractivity contribution >= 4 is 28.9 Å². The number of hydrogen-bond donors (Lipinski definition) is 2. The molecule has 2 aromatic heterocycles. The number of hydrogen-bond acceptors (Lipinski definition) is 4. The maximum atomic E-state index is 13.0. The molecule has 206 valence electrons. The molecule has 40 heavy (non-hydrogen) atoms. The molecule has 1 aliphatic rings. The van der Waals surface area contributed by atoms with Crippen molar-refractivity contribution in [2.45, 2.75) is 45.7 Å². The van der Waals surface area contributed by atoms with Gasteiger partial charge in [0.15, 0.2) is 5.11 Å². The number of methoxy groups -OCH3 is 1. The summed E-state index contributed by atoms with van der Waals surface area (Å²) >= 11 is 5.85. The molecule has 2 aromatic carbocycles. The van der Waals surface area contributed by atoms with Crippen molar-refractivity contribution in [3.8, 4) is 11.4 Å². The molecule has 0 spiro atoms. The number of para-hydroxylation sites is 2. The van der Waals surface area contributed by atoms with E-state index in [1.807, 2.05) is 42.5 Å². The van der Waals surface area contributed by atoms with Crippen LogP contribution in [-0.4, -0.2) is 39.1 Å². The smallest absolute Gasteiger partial charge is 0.226 e. The van der Waals surface area contributed by atoms with Gasteiger partial charge in [0.05, 0.1) is 30.6 Å². The molecule has 0 unspecified atom stereocenters. The summed E-state index contributed by atoms with van der Waals surface area (Å²) in [5, 5.41) is 7.10. The van der Waals surface area contributed by atoms with Crippen LogP contribution < -0.4 is 15.4 Å². The highest BCUT2D eigenvalue weighted by molar-refractivity contribution is 7.80. The Bertz CT molecular complexity index is 1500. The minimum atomic E-state index is -0.151. The molecule has 8 heteroatoms. The fourth-order valence-corrected chi connectivity index (χ4v) is 5.86. The molecule has 0 radical (unpaired) electrons. The predicted molar refractivity (Wildman–Crippen MR) is 163 cm³/mol. The third kappa shape index (κ3) is 5.45. The zero-order valence-corrected chi connectivity index (χ0v) is 24.2. The topological polar surface area (TPSA) is 71.4 Å². The Morgan fingerprint density at radius 3 is 2.52 bits per heavy atom. The molecule has 3 heterocycles.